The molecule has 3 aromatic rings. The lowest BCUT2D eigenvalue weighted by atomic mass is 9.89. The van der Waals surface area contributed by atoms with Crippen LogP contribution in [0.15, 0.2) is 36.8 Å². The Kier molecular flexibility index (Phi) is 7.47. The van der Waals surface area contributed by atoms with Crippen LogP contribution in [0.5, 0.6) is 5.75 Å². The molecule has 11 heteroatoms. The SMILES string of the molecule is CCOc1cc(-c2ccc(N3CCC(C)(NC(=O)C(C)COC(N)=O)CC3)nc2)c2c(C#N)cnn2c1. The number of aromatic nitrogens is 3. The van der Waals surface area contributed by atoms with Crippen molar-refractivity contribution in [2.24, 2.45) is 11.7 Å². The predicted octanol–water partition coefficient (Wildman–Crippen LogP) is 2.87. The van der Waals surface area contributed by atoms with Crippen LogP contribution in [-0.4, -0.2) is 58.4 Å². The van der Waals surface area contributed by atoms with Crippen molar-refractivity contribution in [3.05, 3.63) is 42.4 Å². The third-order valence-electron chi connectivity index (χ3n) is 6.62. The van der Waals surface area contributed by atoms with E-state index < -0.39 is 12.0 Å². The number of nitrogens with two attached hydrogens (primary N) is 1. The largest absolute Gasteiger partial charge is 0.492 e. The summed E-state index contributed by atoms with van der Waals surface area (Å²) in [5.41, 5.74) is 7.49. The second-order valence-corrected chi connectivity index (χ2v) is 9.46. The standard InChI is InChI=1S/C26H31N7O4/c1-4-36-20-11-21(23-19(12-27)14-30-33(23)15-20)18-5-6-22(29-13-18)32-9-7-26(3,8-10-32)31-24(34)17(2)16-37-25(28)35/h5-6,11,13-15,17H,4,7-10,16H2,1-3H3,(H2,28,35)(H,31,34). The number of nitrogens with zero attached hydrogens (tertiary/aromatic N) is 5. The molecule has 1 saturated heterocycles. The summed E-state index contributed by atoms with van der Waals surface area (Å²) in [7, 11) is 0. The van der Waals surface area contributed by atoms with Crippen LogP contribution in [0.1, 0.15) is 39.2 Å². The fourth-order valence-electron chi connectivity index (χ4n) is 4.43. The van der Waals surface area contributed by atoms with E-state index in [-0.39, 0.29) is 18.1 Å². The average Bonchev–Trinajstić information content (AvgIpc) is 3.30. The van der Waals surface area contributed by atoms with Crippen molar-refractivity contribution >= 4 is 23.3 Å². The Morgan fingerprint density at radius 1 is 1.30 bits per heavy atom. The van der Waals surface area contributed by atoms with Crippen LogP contribution >= 0.6 is 0 Å². The number of carbonyl (C=O) groups is 2. The Bertz CT molecular complexity index is 1320. The predicted molar refractivity (Wildman–Crippen MR) is 137 cm³/mol. The number of pyridine rings is 2. The monoisotopic (exact) mass is 505 g/mol. The molecule has 1 fully saturated rings. The zero-order chi connectivity index (χ0) is 26.6. The maximum absolute atomic E-state index is 12.5. The Morgan fingerprint density at radius 2 is 2.05 bits per heavy atom. The lowest BCUT2D eigenvalue weighted by molar-refractivity contribution is -0.127. The van der Waals surface area contributed by atoms with Crippen molar-refractivity contribution in [1.82, 2.24) is 19.9 Å². The molecule has 11 nitrogen and oxygen atoms in total. The lowest BCUT2D eigenvalue weighted by Crippen LogP contribution is -2.55. The molecule has 0 spiro atoms. The molecule has 1 aliphatic rings. The Balaban J connectivity index is 1.45. The molecular weight excluding hydrogens is 474 g/mol. The summed E-state index contributed by atoms with van der Waals surface area (Å²) in [4.78, 5) is 30.2. The summed E-state index contributed by atoms with van der Waals surface area (Å²) in [6.07, 6.45) is 5.70. The number of ether oxygens (including phenoxy) is 2. The normalized spacial score (nSPS) is 15.6. The minimum atomic E-state index is -0.889. The highest BCUT2D eigenvalue weighted by molar-refractivity contribution is 5.85. The topological polar surface area (TPSA) is 148 Å². The van der Waals surface area contributed by atoms with Crippen molar-refractivity contribution in [2.45, 2.75) is 39.2 Å². The number of hydrogen-bond donors (Lipinski definition) is 2. The van der Waals surface area contributed by atoms with Gasteiger partial charge in [-0.3, -0.25) is 4.79 Å². The summed E-state index contributed by atoms with van der Waals surface area (Å²) < 4.78 is 12.1. The van der Waals surface area contributed by atoms with Crippen LogP contribution in [0.2, 0.25) is 0 Å². The first-order valence-corrected chi connectivity index (χ1v) is 12.2. The molecule has 1 aliphatic heterocycles. The quantitative estimate of drug-likeness (QED) is 0.475. The van der Waals surface area contributed by atoms with E-state index in [2.05, 4.69) is 21.4 Å². The molecule has 0 bridgehead atoms. The first kappa shape index (κ1) is 25.8. The third kappa shape index (κ3) is 5.74. The Hall–Kier alpha value is -4.33. The maximum Gasteiger partial charge on any atom is 0.404 e. The lowest BCUT2D eigenvalue weighted by Gasteiger charge is -2.41. The van der Waals surface area contributed by atoms with E-state index in [1.807, 2.05) is 32.0 Å². The van der Waals surface area contributed by atoms with E-state index in [4.69, 9.17) is 20.2 Å². The number of nitrogens with one attached hydrogen (secondary N) is 1. The molecule has 1 atom stereocenters. The minimum Gasteiger partial charge on any atom is -0.492 e. The fraction of sp³-hybridized carbons (Fsp3) is 0.423. The van der Waals surface area contributed by atoms with Gasteiger partial charge in [0.25, 0.3) is 0 Å². The third-order valence-corrected chi connectivity index (χ3v) is 6.62. The highest BCUT2D eigenvalue weighted by atomic mass is 16.5. The van der Waals surface area contributed by atoms with Gasteiger partial charge in [-0.2, -0.15) is 10.4 Å². The summed E-state index contributed by atoms with van der Waals surface area (Å²) >= 11 is 0. The first-order chi connectivity index (χ1) is 17.7. The van der Waals surface area contributed by atoms with Crippen LogP contribution in [-0.2, 0) is 9.53 Å². The fourth-order valence-corrected chi connectivity index (χ4v) is 4.43. The first-order valence-electron chi connectivity index (χ1n) is 12.2. The van der Waals surface area contributed by atoms with Gasteiger partial charge in [0.15, 0.2) is 0 Å². The zero-order valence-corrected chi connectivity index (χ0v) is 21.2. The number of piperidine rings is 1. The number of amides is 2. The summed E-state index contributed by atoms with van der Waals surface area (Å²) in [6, 6.07) is 8.06. The molecule has 0 saturated carbocycles. The van der Waals surface area contributed by atoms with Gasteiger partial charge in [-0.1, -0.05) is 6.92 Å². The van der Waals surface area contributed by atoms with Gasteiger partial charge in [0, 0.05) is 36.0 Å². The van der Waals surface area contributed by atoms with Gasteiger partial charge >= 0.3 is 6.09 Å². The Morgan fingerprint density at radius 3 is 2.68 bits per heavy atom. The number of fused-ring (bicyclic) bond motifs is 1. The molecule has 4 rings (SSSR count). The smallest absolute Gasteiger partial charge is 0.404 e. The van der Waals surface area contributed by atoms with Crippen LogP contribution in [0, 0.1) is 17.2 Å². The van der Waals surface area contributed by atoms with Crippen molar-refractivity contribution in [3.8, 4) is 22.9 Å². The van der Waals surface area contributed by atoms with Crippen molar-refractivity contribution < 1.29 is 19.1 Å². The van der Waals surface area contributed by atoms with Crippen LogP contribution in [0.25, 0.3) is 16.6 Å². The summed E-state index contributed by atoms with van der Waals surface area (Å²) in [6.45, 7) is 7.55. The number of nitriles is 1. The molecule has 0 aliphatic carbocycles. The Labute approximate surface area is 215 Å². The second-order valence-electron chi connectivity index (χ2n) is 9.46. The molecule has 1 unspecified atom stereocenters. The molecule has 3 N–H and O–H groups in total. The highest BCUT2D eigenvalue weighted by Crippen LogP contribution is 2.32. The van der Waals surface area contributed by atoms with Crippen molar-refractivity contribution in [1.29, 1.82) is 5.26 Å². The number of anilines is 1. The van der Waals surface area contributed by atoms with Gasteiger partial charge in [0.05, 0.1) is 36.0 Å². The van der Waals surface area contributed by atoms with Gasteiger partial charge in [-0.15, -0.1) is 0 Å². The molecule has 3 aromatic heterocycles. The van der Waals surface area contributed by atoms with E-state index in [0.717, 1.165) is 42.9 Å². The average molecular weight is 506 g/mol. The van der Waals surface area contributed by atoms with Crippen LogP contribution < -0.4 is 20.7 Å². The highest BCUT2D eigenvalue weighted by Gasteiger charge is 2.33. The second kappa shape index (κ2) is 10.7. The maximum atomic E-state index is 12.5. The number of rotatable bonds is 8. The van der Waals surface area contributed by atoms with Gasteiger partial charge in [-0.05, 0) is 44.9 Å². The van der Waals surface area contributed by atoms with Gasteiger partial charge in [0.1, 0.15) is 24.2 Å². The van der Waals surface area contributed by atoms with Gasteiger partial charge < -0.3 is 25.4 Å². The van der Waals surface area contributed by atoms with E-state index in [1.165, 1.54) is 0 Å². The molecule has 0 radical (unpaired) electrons. The molecule has 0 aromatic carbocycles. The molecule has 194 valence electrons. The molecule has 2 amide bonds. The van der Waals surface area contributed by atoms with Crippen LogP contribution in [0.4, 0.5) is 10.6 Å². The van der Waals surface area contributed by atoms with Gasteiger partial charge in [-0.25, -0.2) is 14.3 Å². The van der Waals surface area contributed by atoms with E-state index in [0.29, 0.717) is 23.4 Å². The summed E-state index contributed by atoms with van der Waals surface area (Å²) in [5, 5.41) is 16.9. The molecular formula is C26H31N7O4. The molecule has 37 heavy (non-hydrogen) atoms. The summed E-state index contributed by atoms with van der Waals surface area (Å²) in [5.74, 6) is 0.847. The van der Waals surface area contributed by atoms with E-state index >= 15 is 0 Å². The van der Waals surface area contributed by atoms with Gasteiger partial charge in [0.2, 0.25) is 5.91 Å². The number of primary amides is 1. The van der Waals surface area contributed by atoms with Crippen molar-refractivity contribution in [2.75, 3.05) is 31.2 Å². The van der Waals surface area contributed by atoms with Crippen LogP contribution in [0.3, 0.4) is 0 Å². The zero-order valence-electron chi connectivity index (χ0n) is 21.2. The van der Waals surface area contributed by atoms with E-state index in [9.17, 15) is 14.9 Å². The van der Waals surface area contributed by atoms with E-state index in [1.54, 1.807) is 30.0 Å². The van der Waals surface area contributed by atoms with Crippen molar-refractivity contribution in [3.63, 3.8) is 0 Å². The minimum absolute atomic E-state index is 0.0470. The molecule has 4 heterocycles. The number of hydrogen-bond acceptors (Lipinski definition) is 8. The number of carbonyl (C=O) groups excluding carboxylic acids is 2.